The van der Waals surface area contributed by atoms with E-state index in [2.05, 4.69) is 51.8 Å². The normalized spacial score (nSPS) is 26.4. The molecule has 0 bridgehead atoms. The van der Waals surface area contributed by atoms with Crippen molar-refractivity contribution < 1.29 is 4.79 Å². The number of hydrogen-bond acceptors (Lipinski definition) is 2. The van der Waals surface area contributed by atoms with Crippen LogP contribution in [-0.2, 0) is 4.79 Å². The van der Waals surface area contributed by atoms with Crippen LogP contribution < -0.4 is 5.32 Å². The zero-order chi connectivity index (χ0) is 13.9. The molecule has 0 aromatic heterocycles. The minimum absolute atomic E-state index is 0.0147. The predicted octanol–water partition coefficient (Wildman–Crippen LogP) is 2.86. The molecule has 18 heavy (non-hydrogen) atoms. The average Bonchev–Trinajstić information content (AvgIpc) is 2.58. The van der Waals surface area contributed by atoms with Gasteiger partial charge in [0.05, 0.1) is 12.2 Å². The molecular weight excluding hydrogens is 224 g/mol. The third-order valence-electron chi connectivity index (χ3n) is 4.15. The van der Waals surface area contributed by atoms with Gasteiger partial charge in [-0.3, -0.25) is 10.1 Å². The number of hydrogen-bond donors (Lipinski definition) is 1. The van der Waals surface area contributed by atoms with Gasteiger partial charge in [0, 0.05) is 6.54 Å². The lowest BCUT2D eigenvalue weighted by atomic mass is 9.97. The van der Waals surface area contributed by atoms with Crippen LogP contribution in [0.4, 0.5) is 0 Å². The standard InChI is InChI=1S/C15H30N2O/c1-7-8-13-16-14(11(4)5)15(18)17(13)9-12(6)10(2)3/h10-14,16H,7-9H2,1-6H3. The van der Waals surface area contributed by atoms with Gasteiger partial charge in [-0.2, -0.15) is 0 Å². The molecule has 0 radical (unpaired) electrons. The zero-order valence-electron chi connectivity index (χ0n) is 12.9. The van der Waals surface area contributed by atoms with Crippen LogP contribution in [0.15, 0.2) is 0 Å². The lowest BCUT2D eigenvalue weighted by molar-refractivity contribution is -0.131. The average molecular weight is 254 g/mol. The van der Waals surface area contributed by atoms with Crippen LogP contribution in [0.5, 0.6) is 0 Å². The molecule has 0 spiro atoms. The first-order chi connectivity index (χ1) is 8.38. The first kappa shape index (κ1) is 15.5. The third kappa shape index (κ3) is 3.47. The second kappa shape index (κ2) is 6.55. The molecule has 0 saturated carbocycles. The molecule has 1 rings (SSSR count). The smallest absolute Gasteiger partial charge is 0.241 e. The predicted molar refractivity (Wildman–Crippen MR) is 76.2 cm³/mol. The van der Waals surface area contributed by atoms with Gasteiger partial charge >= 0.3 is 0 Å². The fraction of sp³-hybridized carbons (Fsp3) is 0.933. The first-order valence-corrected chi connectivity index (χ1v) is 7.45. The largest absolute Gasteiger partial charge is 0.326 e. The number of nitrogens with zero attached hydrogens (tertiary/aromatic N) is 1. The van der Waals surface area contributed by atoms with E-state index in [-0.39, 0.29) is 12.2 Å². The Morgan fingerprint density at radius 1 is 1.22 bits per heavy atom. The van der Waals surface area contributed by atoms with E-state index in [1.807, 2.05) is 0 Å². The summed E-state index contributed by atoms with van der Waals surface area (Å²) >= 11 is 0. The number of amides is 1. The molecule has 0 aromatic rings. The second-order valence-corrected chi connectivity index (χ2v) is 6.40. The molecule has 1 fully saturated rings. The number of carbonyl (C=O) groups is 1. The van der Waals surface area contributed by atoms with E-state index in [4.69, 9.17) is 0 Å². The minimum atomic E-state index is 0.0147. The van der Waals surface area contributed by atoms with Crippen molar-refractivity contribution in [1.82, 2.24) is 10.2 Å². The Hall–Kier alpha value is -0.570. The van der Waals surface area contributed by atoms with Gasteiger partial charge in [0.15, 0.2) is 0 Å². The van der Waals surface area contributed by atoms with Crippen LogP contribution in [0.3, 0.4) is 0 Å². The van der Waals surface area contributed by atoms with Gasteiger partial charge < -0.3 is 4.90 Å². The van der Waals surface area contributed by atoms with Crippen LogP contribution in [0.1, 0.15) is 54.4 Å². The highest BCUT2D eigenvalue weighted by Gasteiger charge is 2.40. The molecule has 1 heterocycles. The molecule has 3 unspecified atom stereocenters. The molecule has 1 aliphatic heterocycles. The molecule has 1 N–H and O–H groups in total. The summed E-state index contributed by atoms with van der Waals surface area (Å²) < 4.78 is 0. The Labute approximate surface area is 112 Å². The lowest BCUT2D eigenvalue weighted by Gasteiger charge is -2.28. The van der Waals surface area contributed by atoms with Crippen LogP contribution in [0.25, 0.3) is 0 Å². The Balaban J connectivity index is 2.74. The quantitative estimate of drug-likeness (QED) is 0.790. The summed E-state index contributed by atoms with van der Waals surface area (Å²) in [5.74, 6) is 1.85. The Morgan fingerprint density at radius 3 is 2.28 bits per heavy atom. The fourth-order valence-corrected chi connectivity index (χ4v) is 2.43. The summed E-state index contributed by atoms with van der Waals surface area (Å²) in [5, 5.41) is 3.51. The number of nitrogens with one attached hydrogen (secondary N) is 1. The van der Waals surface area contributed by atoms with E-state index in [0.717, 1.165) is 19.4 Å². The van der Waals surface area contributed by atoms with Crippen molar-refractivity contribution in [2.45, 2.75) is 66.6 Å². The Morgan fingerprint density at radius 2 is 1.83 bits per heavy atom. The van der Waals surface area contributed by atoms with Gasteiger partial charge in [-0.1, -0.05) is 48.0 Å². The maximum absolute atomic E-state index is 12.5. The van der Waals surface area contributed by atoms with Gasteiger partial charge in [-0.25, -0.2) is 0 Å². The van der Waals surface area contributed by atoms with Crippen molar-refractivity contribution in [2.75, 3.05) is 6.54 Å². The molecule has 3 nitrogen and oxygen atoms in total. The summed E-state index contributed by atoms with van der Waals surface area (Å²) in [6.07, 6.45) is 2.42. The fourth-order valence-electron chi connectivity index (χ4n) is 2.43. The molecule has 3 heteroatoms. The lowest BCUT2D eigenvalue weighted by Crippen LogP contribution is -2.40. The number of rotatable bonds is 6. The molecule has 1 saturated heterocycles. The molecule has 0 aromatic carbocycles. The van der Waals surface area contributed by atoms with E-state index in [1.165, 1.54) is 0 Å². The van der Waals surface area contributed by atoms with Gasteiger partial charge in [0.1, 0.15) is 0 Å². The molecule has 106 valence electrons. The van der Waals surface area contributed by atoms with E-state index in [9.17, 15) is 4.79 Å². The maximum atomic E-state index is 12.5. The molecular formula is C15H30N2O. The van der Waals surface area contributed by atoms with E-state index in [0.29, 0.717) is 23.7 Å². The maximum Gasteiger partial charge on any atom is 0.241 e. The van der Waals surface area contributed by atoms with Crippen molar-refractivity contribution in [2.24, 2.45) is 17.8 Å². The van der Waals surface area contributed by atoms with Crippen molar-refractivity contribution >= 4 is 5.91 Å². The third-order valence-corrected chi connectivity index (χ3v) is 4.15. The second-order valence-electron chi connectivity index (χ2n) is 6.40. The zero-order valence-corrected chi connectivity index (χ0v) is 12.9. The summed E-state index contributed by atoms with van der Waals surface area (Å²) in [4.78, 5) is 14.5. The van der Waals surface area contributed by atoms with Gasteiger partial charge in [-0.05, 0) is 24.2 Å². The molecule has 1 amide bonds. The van der Waals surface area contributed by atoms with Crippen molar-refractivity contribution in [3.63, 3.8) is 0 Å². The SMILES string of the molecule is CCCC1NC(C(C)C)C(=O)N1CC(C)C(C)C. The van der Waals surface area contributed by atoms with E-state index < -0.39 is 0 Å². The summed E-state index contributed by atoms with van der Waals surface area (Å²) in [7, 11) is 0. The first-order valence-electron chi connectivity index (χ1n) is 7.45. The molecule has 3 atom stereocenters. The Kier molecular flexibility index (Phi) is 5.64. The summed E-state index contributed by atoms with van der Waals surface area (Å²) in [6.45, 7) is 14.0. The van der Waals surface area contributed by atoms with E-state index >= 15 is 0 Å². The summed E-state index contributed by atoms with van der Waals surface area (Å²) in [6, 6.07) is 0.0147. The van der Waals surface area contributed by atoms with E-state index in [1.54, 1.807) is 0 Å². The van der Waals surface area contributed by atoms with Crippen LogP contribution in [-0.4, -0.2) is 29.6 Å². The van der Waals surface area contributed by atoms with Crippen LogP contribution >= 0.6 is 0 Å². The minimum Gasteiger partial charge on any atom is -0.326 e. The van der Waals surface area contributed by atoms with Gasteiger partial charge in [0.2, 0.25) is 5.91 Å². The van der Waals surface area contributed by atoms with Crippen molar-refractivity contribution in [1.29, 1.82) is 0 Å². The highest BCUT2D eigenvalue weighted by molar-refractivity contribution is 5.84. The molecule has 1 aliphatic rings. The monoisotopic (exact) mass is 254 g/mol. The Bertz CT molecular complexity index is 276. The topological polar surface area (TPSA) is 32.3 Å². The summed E-state index contributed by atoms with van der Waals surface area (Å²) in [5.41, 5.74) is 0. The van der Waals surface area contributed by atoms with Gasteiger partial charge in [-0.15, -0.1) is 0 Å². The highest BCUT2D eigenvalue weighted by Crippen LogP contribution is 2.23. The highest BCUT2D eigenvalue weighted by atomic mass is 16.2. The van der Waals surface area contributed by atoms with Gasteiger partial charge in [0.25, 0.3) is 0 Å². The van der Waals surface area contributed by atoms with Crippen molar-refractivity contribution in [3.8, 4) is 0 Å². The van der Waals surface area contributed by atoms with Crippen LogP contribution in [0, 0.1) is 17.8 Å². The van der Waals surface area contributed by atoms with Crippen LogP contribution in [0.2, 0.25) is 0 Å². The van der Waals surface area contributed by atoms with Crippen molar-refractivity contribution in [3.05, 3.63) is 0 Å². The molecule has 0 aliphatic carbocycles. The number of carbonyl (C=O) groups excluding carboxylic acids is 1.